The quantitative estimate of drug-likeness (QED) is 0.498. The summed E-state index contributed by atoms with van der Waals surface area (Å²) in [5.41, 5.74) is 2.67. The molecular weight excluding hydrogens is 371 g/mol. The molecule has 0 aliphatic carbocycles. The third kappa shape index (κ3) is 4.77. The number of aromatic nitrogens is 1. The minimum Gasteiger partial charge on any atom is -0.444 e. The molecule has 0 aliphatic heterocycles. The van der Waals surface area contributed by atoms with Gasteiger partial charge in [-0.05, 0) is 29.8 Å². The molecule has 0 radical (unpaired) electrons. The van der Waals surface area contributed by atoms with Crippen LogP contribution in [0.2, 0.25) is 10.0 Å². The fourth-order valence-corrected chi connectivity index (χ4v) is 2.82. The predicted molar refractivity (Wildman–Crippen MR) is 105 cm³/mol. The Morgan fingerprint density at radius 3 is 2.58 bits per heavy atom. The summed E-state index contributed by atoms with van der Waals surface area (Å²) in [6, 6.07) is 15.2. The number of hydrogen-bond acceptors (Lipinski definition) is 3. The second kappa shape index (κ2) is 8.74. The highest BCUT2D eigenvalue weighted by molar-refractivity contribution is 6.35. The van der Waals surface area contributed by atoms with E-state index in [2.05, 4.69) is 20.6 Å². The molecule has 134 valence electrons. The van der Waals surface area contributed by atoms with Gasteiger partial charge in [-0.2, -0.15) is 0 Å². The lowest BCUT2D eigenvalue weighted by atomic mass is 10.2. The highest BCUT2D eigenvalue weighted by atomic mass is 35.5. The van der Waals surface area contributed by atoms with Crippen LogP contribution in [0, 0.1) is 0 Å². The summed E-state index contributed by atoms with van der Waals surface area (Å²) in [6.07, 6.45) is 1.64. The summed E-state index contributed by atoms with van der Waals surface area (Å²) in [4.78, 5) is 8.68. The number of aliphatic imine (C=N–C) groups is 1. The molecule has 3 rings (SSSR count). The SMILES string of the molecule is CN=C(NCc1coc(-c2ccccc2)n1)NCc1ccc(Cl)cc1Cl. The average molecular weight is 389 g/mol. The Balaban J connectivity index is 1.55. The van der Waals surface area contributed by atoms with Crippen LogP contribution >= 0.6 is 23.2 Å². The van der Waals surface area contributed by atoms with E-state index in [0.29, 0.717) is 35.0 Å². The van der Waals surface area contributed by atoms with Gasteiger partial charge in [0.05, 0.1) is 12.2 Å². The van der Waals surface area contributed by atoms with Gasteiger partial charge in [0.1, 0.15) is 6.26 Å². The first-order chi connectivity index (χ1) is 12.7. The van der Waals surface area contributed by atoms with Gasteiger partial charge in [-0.1, -0.05) is 47.5 Å². The van der Waals surface area contributed by atoms with E-state index in [-0.39, 0.29) is 0 Å². The Kier molecular flexibility index (Phi) is 6.15. The van der Waals surface area contributed by atoms with Gasteiger partial charge < -0.3 is 15.1 Å². The molecule has 26 heavy (non-hydrogen) atoms. The average Bonchev–Trinajstić information content (AvgIpc) is 3.13. The van der Waals surface area contributed by atoms with E-state index in [0.717, 1.165) is 16.8 Å². The summed E-state index contributed by atoms with van der Waals surface area (Å²) in [6.45, 7) is 1.02. The Hall–Kier alpha value is -2.50. The molecule has 0 spiro atoms. The molecule has 1 heterocycles. The lowest BCUT2D eigenvalue weighted by molar-refractivity contribution is 0.572. The zero-order valence-corrected chi connectivity index (χ0v) is 15.7. The minimum atomic E-state index is 0.490. The van der Waals surface area contributed by atoms with Crippen molar-refractivity contribution in [1.29, 1.82) is 0 Å². The molecule has 0 amide bonds. The maximum absolute atomic E-state index is 6.18. The lowest BCUT2D eigenvalue weighted by Crippen LogP contribution is -2.36. The van der Waals surface area contributed by atoms with Crippen LogP contribution < -0.4 is 10.6 Å². The predicted octanol–water partition coefficient (Wildman–Crippen LogP) is 4.51. The molecule has 0 saturated carbocycles. The van der Waals surface area contributed by atoms with Crippen molar-refractivity contribution in [2.45, 2.75) is 13.1 Å². The zero-order valence-electron chi connectivity index (χ0n) is 14.2. The minimum absolute atomic E-state index is 0.490. The molecule has 0 bridgehead atoms. The van der Waals surface area contributed by atoms with Crippen LogP contribution in [0.1, 0.15) is 11.3 Å². The summed E-state index contributed by atoms with van der Waals surface area (Å²) < 4.78 is 5.53. The van der Waals surface area contributed by atoms with E-state index in [9.17, 15) is 0 Å². The van der Waals surface area contributed by atoms with E-state index in [1.807, 2.05) is 36.4 Å². The Labute approximate surface area is 162 Å². The highest BCUT2D eigenvalue weighted by Crippen LogP contribution is 2.21. The maximum atomic E-state index is 6.18. The summed E-state index contributed by atoms with van der Waals surface area (Å²) in [7, 11) is 1.71. The van der Waals surface area contributed by atoms with Gasteiger partial charge in [-0.15, -0.1) is 0 Å². The van der Waals surface area contributed by atoms with Gasteiger partial charge in [-0.3, -0.25) is 4.99 Å². The van der Waals surface area contributed by atoms with Crippen LogP contribution in [-0.4, -0.2) is 18.0 Å². The molecule has 0 unspecified atom stereocenters. The number of nitrogens with zero attached hydrogens (tertiary/aromatic N) is 2. The topological polar surface area (TPSA) is 62.5 Å². The van der Waals surface area contributed by atoms with Crippen molar-refractivity contribution in [2.24, 2.45) is 4.99 Å². The molecule has 1 aromatic heterocycles. The monoisotopic (exact) mass is 388 g/mol. The number of oxazole rings is 1. The maximum Gasteiger partial charge on any atom is 0.226 e. The first-order valence-corrected chi connectivity index (χ1v) is 8.79. The van der Waals surface area contributed by atoms with Gasteiger partial charge in [0.2, 0.25) is 5.89 Å². The molecule has 0 atom stereocenters. The second-order valence-electron chi connectivity index (χ2n) is 5.53. The van der Waals surface area contributed by atoms with E-state index >= 15 is 0 Å². The van der Waals surface area contributed by atoms with Crippen LogP contribution in [-0.2, 0) is 13.1 Å². The van der Waals surface area contributed by atoms with E-state index in [1.54, 1.807) is 25.4 Å². The van der Waals surface area contributed by atoms with Crippen molar-refractivity contribution in [2.75, 3.05) is 7.05 Å². The van der Waals surface area contributed by atoms with Gasteiger partial charge >= 0.3 is 0 Å². The molecule has 2 N–H and O–H groups in total. The Morgan fingerprint density at radius 1 is 1.08 bits per heavy atom. The van der Waals surface area contributed by atoms with Gasteiger partial charge in [-0.25, -0.2) is 4.98 Å². The summed E-state index contributed by atoms with van der Waals surface area (Å²) in [5.74, 6) is 1.23. The first kappa shape index (κ1) is 18.3. The van der Waals surface area contributed by atoms with Crippen molar-refractivity contribution >= 4 is 29.2 Å². The Bertz CT molecular complexity index is 894. The van der Waals surface area contributed by atoms with Gasteiger partial charge in [0, 0.05) is 29.2 Å². The molecule has 7 heteroatoms. The van der Waals surface area contributed by atoms with Crippen LogP contribution in [0.25, 0.3) is 11.5 Å². The summed E-state index contributed by atoms with van der Waals surface area (Å²) >= 11 is 12.1. The van der Waals surface area contributed by atoms with E-state index in [4.69, 9.17) is 27.6 Å². The largest absolute Gasteiger partial charge is 0.444 e. The lowest BCUT2D eigenvalue weighted by Gasteiger charge is -2.12. The van der Waals surface area contributed by atoms with Gasteiger partial charge in [0.25, 0.3) is 0 Å². The van der Waals surface area contributed by atoms with Crippen LogP contribution in [0.15, 0.2) is 64.2 Å². The molecule has 2 aromatic carbocycles. The zero-order chi connectivity index (χ0) is 18.4. The number of rotatable bonds is 5. The molecule has 5 nitrogen and oxygen atoms in total. The first-order valence-electron chi connectivity index (χ1n) is 8.04. The van der Waals surface area contributed by atoms with E-state index in [1.165, 1.54) is 0 Å². The van der Waals surface area contributed by atoms with Gasteiger partial charge in [0.15, 0.2) is 5.96 Å². The highest BCUT2D eigenvalue weighted by Gasteiger charge is 2.07. The molecule has 3 aromatic rings. The fourth-order valence-electron chi connectivity index (χ4n) is 2.34. The smallest absolute Gasteiger partial charge is 0.226 e. The van der Waals surface area contributed by atoms with Crippen LogP contribution in [0.3, 0.4) is 0 Å². The number of benzene rings is 2. The number of nitrogens with one attached hydrogen (secondary N) is 2. The standard InChI is InChI=1S/C19H18Cl2N4O/c1-22-19(23-10-14-7-8-15(20)9-17(14)21)24-11-16-12-26-18(25-16)13-5-3-2-4-6-13/h2-9,12H,10-11H2,1H3,(H2,22,23,24). The molecule has 0 aliphatic rings. The number of halogens is 2. The molecule has 0 saturated heterocycles. The van der Waals surface area contributed by atoms with E-state index < -0.39 is 0 Å². The second-order valence-corrected chi connectivity index (χ2v) is 6.37. The van der Waals surface area contributed by atoms with Crippen molar-refractivity contribution in [3.8, 4) is 11.5 Å². The van der Waals surface area contributed by atoms with Crippen molar-refractivity contribution in [3.05, 3.63) is 76.1 Å². The number of guanidine groups is 1. The fraction of sp³-hybridized carbons (Fsp3) is 0.158. The normalized spacial score (nSPS) is 11.4. The Morgan fingerprint density at radius 2 is 1.85 bits per heavy atom. The van der Waals surface area contributed by atoms with Crippen molar-refractivity contribution < 1.29 is 4.42 Å². The van der Waals surface area contributed by atoms with Crippen LogP contribution in [0.4, 0.5) is 0 Å². The molecule has 0 fully saturated rings. The molecular formula is C19H18Cl2N4O. The van der Waals surface area contributed by atoms with Crippen molar-refractivity contribution in [3.63, 3.8) is 0 Å². The summed E-state index contributed by atoms with van der Waals surface area (Å²) in [5, 5.41) is 7.63. The third-order valence-electron chi connectivity index (χ3n) is 3.69. The third-order valence-corrected chi connectivity index (χ3v) is 4.28. The van der Waals surface area contributed by atoms with Crippen molar-refractivity contribution in [1.82, 2.24) is 15.6 Å². The number of hydrogen-bond donors (Lipinski definition) is 2. The van der Waals surface area contributed by atoms with Crippen LogP contribution in [0.5, 0.6) is 0 Å².